The molecule has 2 fully saturated rings. The van der Waals surface area contributed by atoms with Crippen LogP contribution >= 0.6 is 11.8 Å². The van der Waals surface area contributed by atoms with Gasteiger partial charge in [-0.2, -0.15) is 0 Å². The van der Waals surface area contributed by atoms with Crippen LogP contribution in [0.1, 0.15) is 18.4 Å². The van der Waals surface area contributed by atoms with Gasteiger partial charge >= 0.3 is 0 Å². The van der Waals surface area contributed by atoms with Gasteiger partial charge in [-0.05, 0) is 24.5 Å². The fraction of sp³-hybridized carbons (Fsp3) is 0.444. The smallest absolute Gasteiger partial charge is 0.246 e. The Morgan fingerprint density at radius 1 is 1.33 bits per heavy atom. The van der Waals surface area contributed by atoms with E-state index in [0.717, 1.165) is 29.3 Å². The third-order valence-electron chi connectivity index (χ3n) is 4.95. The van der Waals surface area contributed by atoms with E-state index in [-0.39, 0.29) is 17.9 Å². The lowest BCUT2D eigenvalue weighted by Gasteiger charge is -2.27. The molecule has 1 aliphatic heterocycles. The zero-order chi connectivity index (χ0) is 16.7. The Morgan fingerprint density at radius 3 is 2.92 bits per heavy atom. The van der Waals surface area contributed by atoms with E-state index < -0.39 is 0 Å². The predicted octanol–water partition coefficient (Wildman–Crippen LogP) is 2.23. The molecule has 1 atom stereocenters. The largest absolute Gasteiger partial charge is 0.361 e. The molecule has 1 aliphatic carbocycles. The van der Waals surface area contributed by atoms with E-state index in [9.17, 15) is 9.59 Å². The number of aromatic nitrogens is 1. The summed E-state index contributed by atoms with van der Waals surface area (Å²) in [6, 6.07) is 8.06. The molecule has 6 heteroatoms. The molecule has 1 saturated heterocycles. The van der Waals surface area contributed by atoms with Gasteiger partial charge < -0.3 is 14.8 Å². The number of hydrogen-bond donors (Lipinski definition) is 1. The molecule has 1 aromatic heterocycles. The van der Waals surface area contributed by atoms with Gasteiger partial charge in [0.15, 0.2) is 0 Å². The number of likely N-dealkylation sites (N-methyl/N-ethyl adjacent to an activating group) is 1. The van der Waals surface area contributed by atoms with Crippen LogP contribution < -0.4 is 0 Å². The molecular formula is C18H21N3O2S. The van der Waals surface area contributed by atoms with Crippen molar-refractivity contribution in [1.82, 2.24) is 14.8 Å². The fourth-order valence-electron chi connectivity index (χ4n) is 3.31. The van der Waals surface area contributed by atoms with Gasteiger partial charge in [0.05, 0.1) is 12.3 Å². The molecule has 5 nitrogen and oxygen atoms in total. The summed E-state index contributed by atoms with van der Waals surface area (Å²) >= 11 is 1.66. The number of thioether (sulfide) groups is 1. The van der Waals surface area contributed by atoms with Crippen molar-refractivity contribution in [1.29, 1.82) is 0 Å². The molecule has 24 heavy (non-hydrogen) atoms. The fourth-order valence-corrected chi connectivity index (χ4v) is 4.48. The lowest BCUT2D eigenvalue weighted by Crippen LogP contribution is -2.48. The first-order chi connectivity index (χ1) is 11.6. The van der Waals surface area contributed by atoms with Gasteiger partial charge in [-0.3, -0.25) is 9.59 Å². The Morgan fingerprint density at radius 2 is 2.12 bits per heavy atom. The Hall–Kier alpha value is -1.95. The van der Waals surface area contributed by atoms with E-state index in [0.29, 0.717) is 24.1 Å². The molecule has 2 amide bonds. The maximum atomic E-state index is 12.8. The number of carbonyl (C=O) groups excluding carboxylic acids is 2. The van der Waals surface area contributed by atoms with Crippen LogP contribution in [0.2, 0.25) is 0 Å². The van der Waals surface area contributed by atoms with Crippen molar-refractivity contribution in [2.75, 3.05) is 18.7 Å². The molecule has 0 radical (unpaired) electrons. The molecule has 1 aromatic carbocycles. The first-order valence-corrected chi connectivity index (χ1v) is 9.49. The lowest BCUT2D eigenvalue weighted by molar-refractivity contribution is -0.142. The number of para-hydroxylation sites is 1. The number of fused-ring (bicyclic) bond motifs is 1. The van der Waals surface area contributed by atoms with Crippen LogP contribution in [0, 0.1) is 0 Å². The van der Waals surface area contributed by atoms with Crippen molar-refractivity contribution >= 4 is 34.5 Å². The molecule has 0 unspecified atom stereocenters. The minimum atomic E-state index is -0.307. The van der Waals surface area contributed by atoms with Crippen molar-refractivity contribution in [2.24, 2.45) is 0 Å². The number of carbonyl (C=O) groups is 2. The second-order valence-electron chi connectivity index (χ2n) is 6.60. The lowest BCUT2D eigenvalue weighted by atomic mass is 10.1. The Balaban J connectivity index is 1.49. The minimum Gasteiger partial charge on any atom is -0.361 e. The van der Waals surface area contributed by atoms with Crippen molar-refractivity contribution in [3.8, 4) is 0 Å². The molecule has 126 valence electrons. The predicted molar refractivity (Wildman–Crippen MR) is 95.8 cm³/mol. The highest BCUT2D eigenvalue weighted by Crippen LogP contribution is 2.30. The molecule has 4 rings (SSSR count). The highest BCUT2D eigenvalue weighted by atomic mass is 32.2. The summed E-state index contributed by atoms with van der Waals surface area (Å²) < 4.78 is 0. The van der Waals surface area contributed by atoms with Crippen molar-refractivity contribution in [3.63, 3.8) is 0 Å². The zero-order valence-electron chi connectivity index (χ0n) is 13.7. The van der Waals surface area contributed by atoms with E-state index in [1.165, 1.54) is 0 Å². The maximum absolute atomic E-state index is 12.8. The summed E-state index contributed by atoms with van der Waals surface area (Å²) in [6.45, 7) is 0. The molecule has 2 aromatic rings. The van der Waals surface area contributed by atoms with Gasteiger partial charge in [0.1, 0.15) is 6.04 Å². The van der Waals surface area contributed by atoms with E-state index in [2.05, 4.69) is 4.98 Å². The highest BCUT2D eigenvalue weighted by molar-refractivity contribution is 7.99. The van der Waals surface area contributed by atoms with Crippen LogP contribution in [0.4, 0.5) is 0 Å². The molecular weight excluding hydrogens is 322 g/mol. The quantitative estimate of drug-likeness (QED) is 0.926. The number of nitrogens with one attached hydrogen (secondary N) is 1. The van der Waals surface area contributed by atoms with Gasteiger partial charge in [0, 0.05) is 35.9 Å². The number of aromatic amines is 1. The monoisotopic (exact) mass is 343 g/mol. The zero-order valence-corrected chi connectivity index (χ0v) is 14.5. The SMILES string of the molecule is CN(C(=O)[C@@H]1CSCN1C(=O)Cc1c[nH]c2ccccc12)C1CC1. The Kier molecular flexibility index (Phi) is 4.00. The average molecular weight is 343 g/mol. The number of nitrogens with zero attached hydrogens (tertiary/aromatic N) is 2. The van der Waals surface area contributed by atoms with E-state index in [1.54, 1.807) is 16.7 Å². The molecule has 0 spiro atoms. The van der Waals surface area contributed by atoms with Crippen LogP contribution in [-0.4, -0.2) is 57.4 Å². The van der Waals surface area contributed by atoms with Gasteiger partial charge in [0.2, 0.25) is 11.8 Å². The standard InChI is InChI=1S/C18H21N3O2S/c1-20(13-6-7-13)18(23)16-10-24-11-21(16)17(22)8-12-9-19-15-5-3-2-4-14(12)15/h2-5,9,13,16,19H,6-8,10-11H2,1H3/t16-/m0/s1. The van der Waals surface area contributed by atoms with Crippen LogP contribution in [-0.2, 0) is 16.0 Å². The summed E-state index contributed by atoms with van der Waals surface area (Å²) in [5.41, 5.74) is 2.03. The Labute approximate surface area is 145 Å². The van der Waals surface area contributed by atoms with Gasteiger partial charge in [0.25, 0.3) is 0 Å². The number of rotatable bonds is 4. The topological polar surface area (TPSA) is 56.4 Å². The maximum Gasteiger partial charge on any atom is 0.246 e. The normalized spacial score (nSPS) is 20.5. The second kappa shape index (κ2) is 6.16. The van der Waals surface area contributed by atoms with E-state index >= 15 is 0 Å². The van der Waals surface area contributed by atoms with E-state index in [4.69, 9.17) is 0 Å². The third-order valence-corrected chi connectivity index (χ3v) is 5.96. The van der Waals surface area contributed by atoms with Crippen molar-refractivity contribution in [2.45, 2.75) is 31.3 Å². The molecule has 1 N–H and O–H groups in total. The molecule has 0 bridgehead atoms. The summed E-state index contributed by atoms with van der Waals surface area (Å²) in [6.07, 6.45) is 4.41. The molecule has 1 saturated carbocycles. The molecule has 2 aliphatic rings. The number of benzene rings is 1. The van der Waals surface area contributed by atoms with Gasteiger partial charge in [-0.25, -0.2) is 0 Å². The van der Waals surface area contributed by atoms with E-state index in [1.807, 2.05) is 42.4 Å². The first-order valence-electron chi connectivity index (χ1n) is 8.34. The van der Waals surface area contributed by atoms with Gasteiger partial charge in [-0.1, -0.05) is 18.2 Å². The van der Waals surface area contributed by atoms with Gasteiger partial charge in [-0.15, -0.1) is 11.8 Å². The minimum absolute atomic E-state index is 0.0345. The van der Waals surface area contributed by atoms with Crippen LogP contribution in [0.5, 0.6) is 0 Å². The Bertz CT molecular complexity index is 783. The summed E-state index contributed by atoms with van der Waals surface area (Å²) in [5, 5.41) is 1.08. The second-order valence-corrected chi connectivity index (χ2v) is 7.60. The highest BCUT2D eigenvalue weighted by Gasteiger charge is 2.40. The summed E-state index contributed by atoms with van der Waals surface area (Å²) in [7, 11) is 1.87. The van der Waals surface area contributed by atoms with Crippen molar-refractivity contribution < 1.29 is 9.59 Å². The average Bonchev–Trinajstić information content (AvgIpc) is 3.19. The number of amides is 2. The third kappa shape index (κ3) is 2.79. The van der Waals surface area contributed by atoms with Crippen LogP contribution in [0.15, 0.2) is 30.5 Å². The first kappa shape index (κ1) is 15.6. The number of H-pyrrole nitrogens is 1. The summed E-state index contributed by atoms with van der Waals surface area (Å²) in [4.78, 5) is 32.3. The number of hydrogen-bond acceptors (Lipinski definition) is 3. The van der Waals surface area contributed by atoms with Crippen molar-refractivity contribution in [3.05, 3.63) is 36.0 Å². The summed E-state index contributed by atoms with van der Waals surface area (Å²) in [5.74, 6) is 1.44. The van der Waals surface area contributed by atoms with Crippen LogP contribution in [0.25, 0.3) is 10.9 Å². The van der Waals surface area contributed by atoms with Crippen LogP contribution in [0.3, 0.4) is 0 Å². The molecule has 2 heterocycles.